The van der Waals surface area contributed by atoms with Gasteiger partial charge in [-0.3, -0.25) is 14.9 Å². The maximum atomic E-state index is 12.3. The van der Waals surface area contributed by atoms with Gasteiger partial charge in [0.2, 0.25) is 5.82 Å². The van der Waals surface area contributed by atoms with Crippen molar-refractivity contribution in [2.45, 2.75) is 6.54 Å². The number of nitrogens with one attached hydrogen (secondary N) is 2. The van der Waals surface area contributed by atoms with Crippen LogP contribution in [0.4, 0.5) is 0 Å². The van der Waals surface area contributed by atoms with E-state index < -0.39 is 0 Å². The van der Waals surface area contributed by atoms with Crippen LogP contribution in [0.3, 0.4) is 0 Å². The highest BCUT2D eigenvalue weighted by atomic mass is 16.1. The van der Waals surface area contributed by atoms with Crippen molar-refractivity contribution in [1.82, 2.24) is 40.0 Å². The Labute approximate surface area is 142 Å². The number of rotatable bonds is 4. The Bertz CT molecular complexity index is 1040. The van der Waals surface area contributed by atoms with Gasteiger partial charge in [-0.05, 0) is 18.2 Å². The molecule has 0 saturated carbocycles. The molecular weight excluding hydrogens is 320 g/mol. The molecule has 25 heavy (non-hydrogen) atoms. The molecule has 2 N–H and O–H groups in total. The van der Waals surface area contributed by atoms with E-state index in [-0.39, 0.29) is 12.5 Å². The van der Waals surface area contributed by atoms with Crippen LogP contribution in [0.1, 0.15) is 16.3 Å². The fraction of sp³-hybridized carbons (Fsp3) is 0.125. The van der Waals surface area contributed by atoms with Crippen molar-refractivity contribution in [1.29, 1.82) is 0 Å². The molecule has 0 radical (unpaired) electrons. The highest BCUT2D eigenvalue weighted by Crippen LogP contribution is 2.13. The number of pyridine rings is 1. The first-order valence-corrected chi connectivity index (χ1v) is 7.58. The molecule has 1 amide bonds. The molecule has 0 aromatic carbocycles. The summed E-state index contributed by atoms with van der Waals surface area (Å²) in [4.78, 5) is 29.1. The summed E-state index contributed by atoms with van der Waals surface area (Å²) >= 11 is 0. The standard InChI is InChI=1S/C16H14N8O/c1-24-7-4-10-2-3-11(20-15(10)24)16(25)19-9-13-21-14(23-22-13)12-8-17-5-6-18-12/h2-8H,9H2,1H3,(H,19,25)(H,21,22,23). The van der Waals surface area contributed by atoms with E-state index in [2.05, 4.69) is 35.5 Å². The highest BCUT2D eigenvalue weighted by Gasteiger charge is 2.12. The number of hydrogen-bond donors (Lipinski definition) is 2. The molecular formula is C16H14N8O. The second-order valence-electron chi connectivity index (χ2n) is 5.42. The summed E-state index contributed by atoms with van der Waals surface area (Å²) in [6, 6.07) is 5.52. The predicted octanol–water partition coefficient (Wildman–Crippen LogP) is 1.08. The number of aromatic amines is 1. The van der Waals surface area contributed by atoms with E-state index >= 15 is 0 Å². The molecule has 0 unspecified atom stereocenters. The van der Waals surface area contributed by atoms with Crippen LogP contribution in [0.5, 0.6) is 0 Å². The molecule has 0 fully saturated rings. The topological polar surface area (TPSA) is 114 Å². The third-order valence-corrected chi connectivity index (χ3v) is 3.69. The third-order valence-electron chi connectivity index (χ3n) is 3.69. The van der Waals surface area contributed by atoms with E-state index in [0.29, 0.717) is 23.0 Å². The number of aromatic nitrogens is 7. The second kappa shape index (κ2) is 6.11. The molecule has 124 valence electrons. The fourth-order valence-corrected chi connectivity index (χ4v) is 2.42. The van der Waals surface area contributed by atoms with Crippen LogP contribution < -0.4 is 5.32 Å². The Hall–Kier alpha value is -3.62. The first-order valence-electron chi connectivity index (χ1n) is 7.58. The first kappa shape index (κ1) is 14.9. The van der Waals surface area contributed by atoms with Gasteiger partial charge in [0.1, 0.15) is 22.9 Å². The molecule has 4 heterocycles. The molecule has 0 aliphatic rings. The summed E-state index contributed by atoms with van der Waals surface area (Å²) in [5.74, 6) is 0.676. The van der Waals surface area contributed by atoms with Gasteiger partial charge in [-0.15, -0.1) is 0 Å². The summed E-state index contributed by atoms with van der Waals surface area (Å²) in [5, 5.41) is 10.6. The molecule has 0 aliphatic heterocycles. The lowest BCUT2D eigenvalue weighted by Crippen LogP contribution is -2.24. The largest absolute Gasteiger partial charge is 0.343 e. The van der Waals surface area contributed by atoms with Crippen molar-refractivity contribution >= 4 is 16.9 Å². The third kappa shape index (κ3) is 2.94. The Morgan fingerprint density at radius 3 is 3.00 bits per heavy atom. The van der Waals surface area contributed by atoms with Crippen LogP contribution in [-0.4, -0.2) is 40.6 Å². The lowest BCUT2D eigenvalue weighted by Gasteiger charge is -2.03. The van der Waals surface area contributed by atoms with Crippen molar-refractivity contribution in [3.63, 3.8) is 0 Å². The van der Waals surface area contributed by atoms with Gasteiger partial charge < -0.3 is 9.88 Å². The van der Waals surface area contributed by atoms with Gasteiger partial charge in [-0.25, -0.2) is 15.0 Å². The van der Waals surface area contributed by atoms with Crippen molar-refractivity contribution in [3.8, 4) is 11.5 Å². The van der Waals surface area contributed by atoms with Crippen molar-refractivity contribution in [3.05, 3.63) is 54.5 Å². The SMILES string of the molecule is Cn1ccc2ccc(C(=O)NCc3nc(-c4cnccn4)n[nH]3)nc21. The van der Waals surface area contributed by atoms with Crippen molar-refractivity contribution < 1.29 is 4.79 Å². The smallest absolute Gasteiger partial charge is 0.270 e. The van der Waals surface area contributed by atoms with Crippen molar-refractivity contribution in [2.75, 3.05) is 0 Å². The molecule has 9 heteroatoms. The molecule has 0 atom stereocenters. The maximum Gasteiger partial charge on any atom is 0.270 e. The average molecular weight is 334 g/mol. The molecule has 4 rings (SSSR count). The maximum absolute atomic E-state index is 12.3. The molecule has 0 aliphatic carbocycles. The van der Waals surface area contributed by atoms with E-state index in [9.17, 15) is 4.79 Å². The second-order valence-corrected chi connectivity index (χ2v) is 5.42. The summed E-state index contributed by atoms with van der Waals surface area (Å²) in [6.07, 6.45) is 6.62. The van der Waals surface area contributed by atoms with Gasteiger partial charge in [0.15, 0.2) is 0 Å². The number of carbonyl (C=O) groups excluding carboxylic acids is 1. The first-order chi connectivity index (χ1) is 12.2. The number of hydrogen-bond acceptors (Lipinski definition) is 6. The Kier molecular flexibility index (Phi) is 3.65. The van der Waals surface area contributed by atoms with Crippen molar-refractivity contribution in [2.24, 2.45) is 7.05 Å². The van der Waals surface area contributed by atoms with E-state index in [1.54, 1.807) is 24.7 Å². The molecule has 9 nitrogen and oxygen atoms in total. The Morgan fingerprint density at radius 1 is 1.24 bits per heavy atom. The van der Waals surface area contributed by atoms with Crippen LogP contribution >= 0.6 is 0 Å². The molecule has 0 bridgehead atoms. The lowest BCUT2D eigenvalue weighted by atomic mass is 10.3. The predicted molar refractivity (Wildman–Crippen MR) is 89.3 cm³/mol. The average Bonchev–Trinajstić information content (AvgIpc) is 3.27. The minimum atomic E-state index is -0.277. The Morgan fingerprint density at radius 2 is 2.16 bits per heavy atom. The Balaban J connectivity index is 1.46. The molecule has 4 aromatic heterocycles. The van der Waals surface area contributed by atoms with E-state index in [4.69, 9.17) is 0 Å². The van der Waals surface area contributed by atoms with Gasteiger partial charge in [0, 0.05) is 31.0 Å². The summed E-state index contributed by atoms with van der Waals surface area (Å²) in [7, 11) is 1.89. The van der Waals surface area contributed by atoms with Crippen LogP contribution in [0, 0.1) is 0 Å². The quantitative estimate of drug-likeness (QED) is 0.577. The van der Waals surface area contributed by atoms with Gasteiger partial charge >= 0.3 is 0 Å². The van der Waals surface area contributed by atoms with Crippen LogP contribution in [-0.2, 0) is 13.6 Å². The zero-order chi connectivity index (χ0) is 17.2. The molecule has 0 spiro atoms. The number of nitrogens with zero attached hydrogens (tertiary/aromatic N) is 6. The summed E-state index contributed by atoms with van der Waals surface area (Å²) < 4.78 is 1.87. The van der Waals surface area contributed by atoms with Crippen LogP contribution in [0.25, 0.3) is 22.6 Å². The van der Waals surface area contributed by atoms with E-state index in [1.807, 2.05) is 29.9 Å². The monoisotopic (exact) mass is 334 g/mol. The number of fused-ring (bicyclic) bond motifs is 1. The van der Waals surface area contributed by atoms with Gasteiger partial charge in [-0.1, -0.05) is 0 Å². The van der Waals surface area contributed by atoms with E-state index in [1.165, 1.54) is 0 Å². The number of carbonyl (C=O) groups is 1. The van der Waals surface area contributed by atoms with Gasteiger partial charge in [-0.2, -0.15) is 5.10 Å². The zero-order valence-electron chi connectivity index (χ0n) is 13.3. The molecule has 0 saturated heterocycles. The minimum absolute atomic E-state index is 0.207. The normalized spacial score (nSPS) is 10.9. The highest BCUT2D eigenvalue weighted by molar-refractivity contribution is 5.94. The summed E-state index contributed by atoms with van der Waals surface area (Å²) in [5.41, 5.74) is 1.67. The fourth-order valence-electron chi connectivity index (χ4n) is 2.42. The number of aryl methyl sites for hydroxylation is 1. The van der Waals surface area contributed by atoms with Gasteiger partial charge in [0.25, 0.3) is 5.91 Å². The number of amides is 1. The van der Waals surface area contributed by atoms with Gasteiger partial charge in [0.05, 0.1) is 12.7 Å². The summed E-state index contributed by atoms with van der Waals surface area (Å²) in [6.45, 7) is 0.207. The minimum Gasteiger partial charge on any atom is -0.343 e. The van der Waals surface area contributed by atoms with E-state index in [0.717, 1.165) is 11.0 Å². The number of H-pyrrole nitrogens is 1. The van der Waals surface area contributed by atoms with Crippen LogP contribution in [0.15, 0.2) is 43.0 Å². The zero-order valence-corrected chi connectivity index (χ0v) is 13.3. The lowest BCUT2D eigenvalue weighted by molar-refractivity contribution is 0.0945. The van der Waals surface area contributed by atoms with Crippen LogP contribution in [0.2, 0.25) is 0 Å². The molecule has 4 aromatic rings.